The lowest BCUT2D eigenvalue weighted by Gasteiger charge is -2.37. The Morgan fingerprint density at radius 1 is 1.35 bits per heavy atom. The van der Waals surface area contributed by atoms with Gasteiger partial charge in [0, 0.05) is 16.6 Å². The fourth-order valence-electron chi connectivity index (χ4n) is 3.18. The molecule has 2 atom stereocenters. The molecule has 122 valence electrons. The van der Waals surface area contributed by atoms with E-state index < -0.39 is 5.97 Å². The van der Waals surface area contributed by atoms with E-state index in [0.717, 1.165) is 30.5 Å². The van der Waals surface area contributed by atoms with Crippen LogP contribution >= 0.6 is 34.5 Å². The number of halogens is 2. The van der Waals surface area contributed by atoms with E-state index in [4.69, 9.17) is 23.2 Å². The number of carbonyl (C=O) groups is 1. The van der Waals surface area contributed by atoms with Gasteiger partial charge in [-0.25, -0.2) is 0 Å². The summed E-state index contributed by atoms with van der Waals surface area (Å²) in [7, 11) is 0. The zero-order chi connectivity index (χ0) is 16.4. The van der Waals surface area contributed by atoms with Crippen molar-refractivity contribution in [3.8, 4) is 0 Å². The van der Waals surface area contributed by atoms with Gasteiger partial charge >= 0.3 is 5.97 Å². The molecule has 1 aromatic heterocycles. The summed E-state index contributed by atoms with van der Waals surface area (Å²) in [5, 5.41) is 14.7. The van der Waals surface area contributed by atoms with Crippen molar-refractivity contribution in [1.82, 2.24) is 4.90 Å². The number of rotatable bonds is 4. The first-order chi connectivity index (χ1) is 11.1. The number of likely N-dealkylation sites (tertiary alicyclic amines) is 1. The van der Waals surface area contributed by atoms with Crippen molar-refractivity contribution in [1.29, 1.82) is 0 Å². The highest BCUT2D eigenvalue weighted by Gasteiger charge is 2.32. The number of carboxylic acids is 1. The topological polar surface area (TPSA) is 40.5 Å². The second-order valence-corrected chi connectivity index (χ2v) is 7.42. The summed E-state index contributed by atoms with van der Waals surface area (Å²) < 4.78 is 0. The van der Waals surface area contributed by atoms with Crippen molar-refractivity contribution in [3.05, 3.63) is 56.2 Å². The predicted octanol–water partition coefficient (Wildman–Crippen LogP) is 4.94. The van der Waals surface area contributed by atoms with Gasteiger partial charge in [-0.3, -0.25) is 9.69 Å². The molecular formula is C17H17Cl2NO2S. The van der Waals surface area contributed by atoms with Gasteiger partial charge < -0.3 is 5.11 Å². The lowest BCUT2D eigenvalue weighted by Crippen LogP contribution is -2.41. The van der Waals surface area contributed by atoms with Crippen LogP contribution in [0.2, 0.25) is 10.0 Å². The standard InChI is InChI=1S/C17H17Cl2NO2S/c18-13-3-4-14(15(19)8-13)16(12-5-7-23-10-12)20-6-1-2-11(9-20)17(21)22/h3-5,7-8,10-11,16H,1-2,6,9H2,(H,21,22). The average molecular weight is 370 g/mol. The van der Waals surface area contributed by atoms with E-state index in [-0.39, 0.29) is 12.0 Å². The summed E-state index contributed by atoms with van der Waals surface area (Å²) >= 11 is 14.1. The first-order valence-corrected chi connectivity index (χ1v) is 9.20. The van der Waals surface area contributed by atoms with Crippen LogP contribution in [-0.2, 0) is 4.79 Å². The third-order valence-corrected chi connectivity index (χ3v) is 5.55. The van der Waals surface area contributed by atoms with Crippen molar-refractivity contribution in [2.45, 2.75) is 18.9 Å². The van der Waals surface area contributed by atoms with Crippen LogP contribution in [-0.4, -0.2) is 29.1 Å². The number of hydrogen-bond donors (Lipinski definition) is 1. The number of benzene rings is 1. The fourth-order valence-corrected chi connectivity index (χ4v) is 4.37. The number of hydrogen-bond acceptors (Lipinski definition) is 3. The molecule has 1 aliphatic heterocycles. The van der Waals surface area contributed by atoms with Gasteiger partial charge in [0.15, 0.2) is 0 Å². The van der Waals surface area contributed by atoms with Crippen LogP contribution < -0.4 is 0 Å². The largest absolute Gasteiger partial charge is 0.481 e. The summed E-state index contributed by atoms with van der Waals surface area (Å²) in [5.41, 5.74) is 2.12. The molecule has 0 saturated carbocycles. The van der Waals surface area contributed by atoms with Gasteiger partial charge in [0.05, 0.1) is 12.0 Å². The van der Waals surface area contributed by atoms with Crippen molar-refractivity contribution in [3.63, 3.8) is 0 Å². The second kappa shape index (κ2) is 7.22. The summed E-state index contributed by atoms with van der Waals surface area (Å²) in [4.78, 5) is 13.6. The molecule has 1 aromatic carbocycles. The van der Waals surface area contributed by atoms with Crippen LogP contribution in [0.1, 0.15) is 30.0 Å². The van der Waals surface area contributed by atoms with E-state index in [0.29, 0.717) is 16.6 Å². The molecule has 1 aliphatic rings. The van der Waals surface area contributed by atoms with E-state index in [2.05, 4.69) is 16.3 Å². The van der Waals surface area contributed by atoms with E-state index in [1.54, 1.807) is 17.4 Å². The Bertz CT molecular complexity index is 690. The van der Waals surface area contributed by atoms with Crippen LogP contribution in [0.5, 0.6) is 0 Å². The van der Waals surface area contributed by atoms with Crippen LogP contribution in [0.3, 0.4) is 0 Å². The highest BCUT2D eigenvalue weighted by molar-refractivity contribution is 7.08. The summed E-state index contributed by atoms with van der Waals surface area (Å²) in [5.74, 6) is -1.04. The van der Waals surface area contributed by atoms with E-state index in [9.17, 15) is 9.90 Å². The SMILES string of the molecule is O=C(O)C1CCCN(C(c2ccsc2)c2ccc(Cl)cc2Cl)C1. The molecule has 2 heterocycles. The fraction of sp³-hybridized carbons (Fsp3) is 0.353. The molecule has 1 fully saturated rings. The van der Waals surface area contributed by atoms with Gasteiger partial charge in [-0.1, -0.05) is 29.3 Å². The maximum Gasteiger partial charge on any atom is 0.307 e. The van der Waals surface area contributed by atoms with Gasteiger partial charge in [-0.2, -0.15) is 11.3 Å². The molecule has 1 saturated heterocycles. The number of carboxylic acid groups (broad SMARTS) is 1. The van der Waals surface area contributed by atoms with Crippen molar-refractivity contribution < 1.29 is 9.90 Å². The normalized spacial score (nSPS) is 20.3. The van der Waals surface area contributed by atoms with Crippen LogP contribution in [0, 0.1) is 5.92 Å². The molecule has 2 unspecified atom stereocenters. The molecule has 0 radical (unpaired) electrons. The summed E-state index contributed by atoms with van der Waals surface area (Å²) in [6, 6.07) is 7.56. The zero-order valence-corrected chi connectivity index (χ0v) is 14.7. The highest BCUT2D eigenvalue weighted by atomic mass is 35.5. The average Bonchev–Trinajstić information content (AvgIpc) is 3.04. The lowest BCUT2D eigenvalue weighted by molar-refractivity contribution is -0.143. The molecule has 0 aliphatic carbocycles. The van der Waals surface area contributed by atoms with Gasteiger partial charge in [0.1, 0.15) is 0 Å². The van der Waals surface area contributed by atoms with Gasteiger partial charge in [-0.05, 0) is 59.5 Å². The number of piperidine rings is 1. The third kappa shape index (κ3) is 3.72. The van der Waals surface area contributed by atoms with Gasteiger partial charge in [-0.15, -0.1) is 0 Å². The molecule has 2 aromatic rings. The van der Waals surface area contributed by atoms with Gasteiger partial charge in [0.25, 0.3) is 0 Å². The second-order valence-electron chi connectivity index (χ2n) is 5.80. The maximum absolute atomic E-state index is 11.4. The molecule has 3 nitrogen and oxygen atoms in total. The molecule has 0 bridgehead atoms. The molecule has 23 heavy (non-hydrogen) atoms. The molecule has 3 rings (SSSR count). The Labute approximate surface area is 149 Å². The highest BCUT2D eigenvalue weighted by Crippen LogP contribution is 2.37. The predicted molar refractivity (Wildman–Crippen MR) is 94.6 cm³/mol. The Kier molecular flexibility index (Phi) is 5.27. The van der Waals surface area contributed by atoms with Gasteiger partial charge in [0.2, 0.25) is 0 Å². The van der Waals surface area contributed by atoms with E-state index >= 15 is 0 Å². The molecule has 6 heteroatoms. The lowest BCUT2D eigenvalue weighted by atomic mass is 9.92. The molecule has 1 N–H and O–H groups in total. The minimum absolute atomic E-state index is 0.0341. The van der Waals surface area contributed by atoms with E-state index in [1.807, 2.05) is 17.5 Å². The molecule has 0 spiro atoms. The first-order valence-electron chi connectivity index (χ1n) is 7.50. The Morgan fingerprint density at radius 3 is 2.83 bits per heavy atom. The van der Waals surface area contributed by atoms with Crippen LogP contribution in [0.15, 0.2) is 35.0 Å². The number of nitrogens with zero attached hydrogens (tertiary/aromatic N) is 1. The van der Waals surface area contributed by atoms with Crippen molar-refractivity contribution >= 4 is 40.5 Å². The molecular weight excluding hydrogens is 353 g/mol. The van der Waals surface area contributed by atoms with Crippen molar-refractivity contribution in [2.24, 2.45) is 5.92 Å². The number of thiophene rings is 1. The summed E-state index contributed by atoms with van der Waals surface area (Å²) in [6.07, 6.45) is 1.61. The van der Waals surface area contributed by atoms with E-state index in [1.165, 1.54) is 0 Å². The minimum Gasteiger partial charge on any atom is -0.481 e. The molecule has 0 amide bonds. The quantitative estimate of drug-likeness (QED) is 0.829. The Morgan fingerprint density at radius 2 is 2.17 bits per heavy atom. The van der Waals surface area contributed by atoms with Crippen molar-refractivity contribution in [2.75, 3.05) is 13.1 Å². The minimum atomic E-state index is -0.721. The smallest absolute Gasteiger partial charge is 0.307 e. The maximum atomic E-state index is 11.4. The summed E-state index contributed by atoms with van der Waals surface area (Å²) in [6.45, 7) is 1.40. The Hall–Kier alpha value is -1.07. The number of aliphatic carboxylic acids is 1. The first kappa shape index (κ1) is 16.8. The third-order valence-electron chi connectivity index (χ3n) is 4.28. The van der Waals surface area contributed by atoms with Crippen LogP contribution in [0.25, 0.3) is 0 Å². The monoisotopic (exact) mass is 369 g/mol. The van der Waals surface area contributed by atoms with Crippen LogP contribution in [0.4, 0.5) is 0 Å². The Balaban J connectivity index is 1.98. The zero-order valence-electron chi connectivity index (χ0n) is 12.4.